The lowest BCUT2D eigenvalue weighted by molar-refractivity contribution is 0.0888. The van der Waals surface area contributed by atoms with Gasteiger partial charge in [0.25, 0.3) is 5.91 Å². The molecule has 17 heavy (non-hydrogen) atoms. The van der Waals surface area contributed by atoms with Gasteiger partial charge in [0.05, 0.1) is 0 Å². The van der Waals surface area contributed by atoms with Gasteiger partial charge in [0.1, 0.15) is 5.82 Å². The van der Waals surface area contributed by atoms with Gasteiger partial charge in [-0.15, -0.1) is 0 Å². The fourth-order valence-electron chi connectivity index (χ4n) is 1.93. The Morgan fingerprint density at radius 3 is 2.00 bits per heavy atom. The Balaban J connectivity index is 2.81. The number of carbonyl (C=O) groups is 1. The first-order valence-electron chi connectivity index (χ1n) is 6.15. The molecule has 0 atom stereocenters. The summed E-state index contributed by atoms with van der Waals surface area (Å²) < 4.78 is 12.8. The maximum absolute atomic E-state index is 12.8. The van der Waals surface area contributed by atoms with Crippen molar-refractivity contribution in [2.45, 2.75) is 45.6 Å². The van der Waals surface area contributed by atoms with Crippen LogP contribution in [0.4, 0.5) is 4.39 Å². The predicted octanol–water partition coefficient (Wildman–Crippen LogP) is 3.52. The number of hydrogen-bond donors (Lipinski definition) is 1. The zero-order valence-corrected chi connectivity index (χ0v) is 10.7. The minimum absolute atomic E-state index is 0.129. The summed E-state index contributed by atoms with van der Waals surface area (Å²) in [5.41, 5.74) is 0.358. The smallest absolute Gasteiger partial charge is 0.251 e. The van der Waals surface area contributed by atoms with Gasteiger partial charge in [0.2, 0.25) is 0 Å². The van der Waals surface area contributed by atoms with Crippen LogP contribution in [0.25, 0.3) is 0 Å². The van der Waals surface area contributed by atoms with Gasteiger partial charge in [-0.3, -0.25) is 4.79 Å². The molecule has 0 saturated carbocycles. The lowest BCUT2D eigenvalue weighted by Crippen LogP contribution is -2.47. The molecule has 0 aliphatic carbocycles. The van der Waals surface area contributed by atoms with Crippen LogP contribution < -0.4 is 5.32 Å². The molecule has 0 saturated heterocycles. The predicted molar refractivity (Wildman–Crippen MR) is 67.5 cm³/mol. The summed E-state index contributed by atoms with van der Waals surface area (Å²) in [5.74, 6) is -0.454. The normalized spacial score (nSPS) is 11.3. The number of hydrogen-bond acceptors (Lipinski definition) is 1. The molecule has 0 aromatic heterocycles. The average Bonchev–Trinajstić information content (AvgIpc) is 2.37. The van der Waals surface area contributed by atoms with Crippen LogP contribution in [-0.2, 0) is 0 Å². The first kappa shape index (κ1) is 13.7. The molecule has 2 nitrogen and oxygen atoms in total. The number of amides is 1. The summed E-state index contributed by atoms with van der Waals surface area (Å²) in [5, 5.41) is 3.05. The lowest BCUT2D eigenvalue weighted by Gasteiger charge is -2.31. The minimum Gasteiger partial charge on any atom is -0.347 e. The monoisotopic (exact) mass is 237 g/mol. The van der Waals surface area contributed by atoms with Gasteiger partial charge in [-0.25, -0.2) is 4.39 Å². The number of carbonyl (C=O) groups excluding carboxylic acids is 1. The second kappa shape index (κ2) is 5.80. The van der Waals surface area contributed by atoms with Crippen molar-refractivity contribution in [3.8, 4) is 0 Å². The molecular formula is C14H20FNO. The summed E-state index contributed by atoms with van der Waals surface area (Å²) >= 11 is 0. The molecular weight excluding hydrogens is 217 g/mol. The van der Waals surface area contributed by atoms with E-state index < -0.39 is 0 Å². The highest BCUT2D eigenvalue weighted by Crippen LogP contribution is 2.20. The third kappa shape index (κ3) is 3.29. The third-order valence-electron chi connectivity index (χ3n) is 3.52. The van der Waals surface area contributed by atoms with Gasteiger partial charge >= 0.3 is 0 Å². The molecule has 0 aliphatic heterocycles. The van der Waals surface area contributed by atoms with Crippen LogP contribution in [0.15, 0.2) is 24.3 Å². The fraction of sp³-hybridized carbons (Fsp3) is 0.500. The van der Waals surface area contributed by atoms with E-state index in [1.807, 2.05) is 0 Å². The van der Waals surface area contributed by atoms with Crippen LogP contribution in [0.3, 0.4) is 0 Å². The summed E-state index contributed by atoms with van der Waals surface area (Å²) in [7, 11) is 0. The van der Waals surface area contributed by atoms with Gasteiger partial charge in [0, 0.05) is 11.1 Å². The molecule has 0 radical (unpaired) electrons. The van der Waals surface area contributed by atoms with E-state index in [1.165, 1.54) is 24.3 Å². The number of rotatable bonds is 5. The zero-order chi connectivity index (χ0) is 12.9. The minimum atomic E-state index is -0.325. The Bertz CT molecular complexity index is 360. The molecule has 0 heterocycles. The van der Waals surface area contributed by atoms with Gasteiger partial charge in [0.15, 0.2) is 0 Å². The summed E-state index contributed by atoms with van der Waals surface area (Å²) in [6.45, 7) is 6.20. The van der Waals surface area contributed by atoms with Crippen LogP contribution in [0, 0.1) is 5.82 Å². The van der Waals surface area contributed by atoms with E-state index in [4.69, 9.17) is 0 Å². The van der Waals surface area contributed by atoms with Crippen molar-refractivity contribution in [3.63, 3.8) is 0 Å². The molecule has 0 fully saturated rings. The molecule has 1 N–H and O–H groups in total. The van der Waals surface area contributed by atoms with Crippen LogP contribution in [-0.4, -0.2) is 11.4 Å². The van der Waals surface area contributed by atoms with E-state index in [-0.39, 0.29) is 17.3 Å². The molecule has 0 spiro atoms. The van der Waals surface area contributed by atoms with Crippen molar-refractivity contribution >= 4 is 5.91 Å². The maximum Gasteiger partial charge on any atom is 0.251 e. The molecule has 94 valence electrons. The van der Waals surface area contributed by atoms with Crippen molar-refractivity contribution in [1.29, 1.82) is 0 Å². The number of benzene rings is 1. The Hall–Kier alpha value is -1.38. The van der Waals surface area contributed by atoms with Crippen molar-refractivity contribution in [2.24, 2.45) is 0 Å². The number of nitrogens with one attached hydrogen (secondary N) is 1. The third-order valence-corrected chi connectivity index (χ3v) is 3.52. The Morgan fingerprint density at radius 2 is 1.59 bits per heavy atom. The summed E-state index contributed by atoms with van der Waals surface area (Å²) in [4.78, 5) is 12.0. The van der Waals surface area contributed by atoms with E-state index in [1.54, 1.807) is 0 Å². The molecule has 1 aromatic rings. The largest absolute Gasteiger partial charge is 0.347 e. The highest BCUT2D eigenvalue weighted by molar-refractivity contribution is 5.94. The molecule has 1 aromatic carbocycles. The zero-order valence-electron chi connectivity index (χ0n) is 10.7. The molecule has 0 bridgehead atoms. The van der Waals surface area contributed by atoms with E-state index in [0.29, 0.717) is 5.56 Å². The second-order valence-corrected chi connectivity index (χ2v) is 4.30. The van der Waals surface area contributed by atoms with Gasteiger partial charge < -0.3 is 5.32 Å². The topological polar surface area (TPSA) is 29.1 Å². The average molecular weight is 237 g/mol. The van der Waals surface area contributed by atoms with Crippen LogP contribution in [0.1, 0.15) is 50.4 Å². The molecule has 0 aliphatic rings. The van der Waals surface area contributed by atoms with Crippen molar-refractivity contribution in [3.05, 3.63) is 35.6 Å². The highest BCUT2D eigenvalue weighted by Gasteiger charge is 2.26. The maximum atomic E-state index is 12.8. The first-order chi connectivity index (χ1) is 8.06. The quantitative estimate of drug-likeness (QED) is 0.834. The van der Waals surface area contributed by atoms with Crippen LogP contribution in [0.5, 0.6) is 0 Å². The van der Waals surface area contributed by atoms with E-state index in [9.17, 15) is 9.18 Å². The first-order valence-corrected chi connectivity index (χ1v) is 6.15. The number of halogens is 1. The van der Waals surface area contributed by atoms with Crippen LogP contribution in [0.2, 0.25) is 0 Å². The lowest BCUT2D eigenvalue weighted by atomic mass is 9.89. The van der Waals surface area contributed by atoms with Crippen molar-refractivity contribution < 1.29 is 9.18 Å². The Morgan fingerprint density at radius 1 is 1.12 bits per heavy atom. The van der Waals surface area contributed by atoms with E-state index in [0.717, 1.165) is 19.3 Å². The summed E-state index contributed by atoms with van der Waals surface area (Å²) in [6.07, 6.45) is 2.69. The standard InChI is InChI=1S/C14H20FNO/c1-4-14(5-2,6-3)16-13(17)11-7-9-12(15)10-8-11/h7-10H,4-6H2,1-3H3,(H,16,17). The van der Waals surface area contributed by atoms with E-state index >= 15 is 0 Å². The summed E-state index contributed by atoms with van der Waals surface area (Å²) in [6, 6.07) is 5.63. The second-order valence-electron chi connectivity index (χ2n) is 4.30. The molecule has 1 amide bonds. The molecule has 1 rings (SSSR count). The molecule has 0 unspecified atom stereocenters. The van der Waals surface area contributed by atoms with Gasteiger partial charge in [-0.2, -0.15) is 0 Å². The fourth-order valence-corrected chi connectivity index (χ4v) is 1.93. The van der Waals surface area contributed by atoms with Crippen molar-refractivity contribution in [1.82, 2.24) is 5.32 Å². The van der Waals surface area contributed by atoms with E-state index in [2.05, 4.69) is 26.1 Å². The van der Waals surface area contributed by atoms with Gasteiger partial charge in [-0.1, -0.05) is 20.8 Å². The van der Waals surface area contributed by atoms with Crippen molar-refractivity contribution in [2.75, 3.05) is 0 Å². The van der Waals surface area contributed by atoms with Gasteiger partial charge in [-0.05, 0) is 43.5 Å². The Kier molecular flexibility index (Phi) is 4.67. The molecule has 3 heteroatoms. The van der Waals surface area contributed by atoms with Crippen LogP contribution >= 0.6 is 0 Å². The highest BCUT2D eigenvalue weighted by atomic mass is 19.1. The Labute approximate surface area is 102 Å². The SMILES string of the molecule is CCC(CC)(CC)NC(=O)c1ccc(F)cc1.